The van der Waals surface area contributed by atoms with Crippen molar-refractivity contribution in [3.8, 4) is 0 Å². The van der Waals surface area contributed by atoms with Crippen molar-refractivity contribution in [2.45, 2.75) is 57.6 Å². The second-order valence-electron chi connectivity index (χ2n) is 7.81. The summed E-state index contributed by atoms with van der Waals surface area (Å²) in [7, 11) is 0. The first-order valence-corrected chi connectivity index (χ1v) is 10.3. The van der Waals surface area contributed by atoms with Gasteiger partial charge in [0.05, 0.1) is 12.7 Å². The van der Waals surface area contributed by atoms with Gasteiger partial charge in [-0.1, -0.05) is 19.8 Å². The van der Waals surface area contributed by atoms with E-state index in [0.717, 1.165) is 38.0 Å². The van der Waals surface area contributed by atoms with Gasteiger partial charge in [-0.2, -0.15) is 0 Å². The second-order valence-corrected chi connectivity index (χ2v) is 7.81. The van der Waals surface area contributed by atoms with E-state index in [1.807, 2.05) is 12.1 Å². The Morgan fingerprint density at radius 3 is 2.56 bits per heavy atom. The van der Waals surface area contributed by atoms with Crippen LogP contribution in [-0.4, -0.2) is 44.4 Å². The number of hydrogen-bond donors (Lipinski definition) is 2. The number of amides is 2. The van der Waals surface area contributed by atoms with Crippen molar-refractivity contribution in [3.63, 3.8) is 0 Å². The molecule has 1 aliphatic heterocycles. The van der Waals surface area contributed by atoms with Crippen molar-refractivity contribution in [1.82, 2.24) is 10.6 Å². The van der Waals surface area contributed by atoms with E-state index in [-0.39, 0.29) is 17.9 Å². The molecule has 27 heavy (non-hydrogen) atoms. The Morgan fingerprint density at radius 2 is 1.85 bits per heavy atom. The molecular formula is C21H32FN3O2. The first kappa shape index (κ1) is 19.9. The molecule has 1 saturated heterocycles. The fourth-order valence-corrected chi connectivity index (χ4v) is 4.08. The summed E-state index contributed by atoms with van der Waals surface area (Å²) in [4.78, 5) is 14.3. The third kappa shape index (κ3) is 6.09. The van der Waals surface area contributed by atoms with Crippen LogP contribution in [-0.2, 0) is 4.74 Å². The van der Waals surface area contributed by atoms with Crippen molar-refractivity contribution in [3.05, 3.63) is 30.1 Å². The number of nitrogens with zero attached hydrogens (tertiary/aromatic N) is 1. The van der Waals surface area contributed by atoms with Crippen LogP contribution in [0.5, 0.6) is 0 Å². The SMILES string of the molecule is C[C@H]1CCCC[C@@H]1OCCNC(=O)NC1CCN(c2ccc(F)cc2)CC1. The topological polar surface area (TPSA) is 53.6 Å². The minimum absolute atomic E-state index is 0.115. The minimum Gasteiger partial charge on any atom is -0.376 e. The normalized spacial score (nSPS) is 23.9. The van der Waals surface area contributed by atoms with Crippen molar-refractivity contribution in [2.75, 3.05) is 31.1 Å². The average molecular weight is 378 g/mol. The predicted molar refractivity (Wildman–Crippen MR) is 106 cm³/mol. The molecule has 0 radical (unpaired) electrons. The Morgan fingerprint density at radius 1 is 1.15 bits per heavy atom. The largest absolute Gasteiger partial charge is 0.376 e. The molecule has 3 rings (SSSR count). The summed E-state index contributed by atoms with van der Waals surface area (Å²) in [6.07, 6.45) is 7.07. The maximum absolute atomic E-state index is 13.0. The summed E-state index contributed by atoms with van der Waals surface area (Å²) < 4.78 is 19.0. The maximum Gasteiger partial charge on any atom is 0.315 e. The van der Waals surface area contributed by atoms with Gasteiger partial charge >= 0.3 is 6.03 Å². The molecule has 1 aromatic rings. The number of urea groups is 1. The highest BCUT2D eigenvalue weighted by Crippen LogP contribution is 2.26. The Labute approximate surface area is 161 Å². The smallest absolute Gasteiger partial charge is 0.315 e. The van der Waals surface area contributed by atoms with E-state index in [2.05, 4.69) is 22.5 Å². The fourth-order valence-electron chi connectivity index (χ4n) is 4.08. The van der Waals surface area contributed by atoms with Crippen molar-refractivity contribution >= 4 is 11.7 Å². The number of nitrogens with one attached hydrogen (secondary N) is 2. The van der Waals surface area contributed by atoms with E-state index < -0.39 is 0 Å². The van der Waals surface area contributed by atoms with E-state index in [1.54, 1.807) is 0 Å². The van der Waals surface area contributed by atoms with Crippen LogP contribution < -0.4 is 15.5 Å². The van der Waals surface area contributed by atoms with E-state index in [4.69, 9.17) is 4.74 Å². The highest BCUT2D eigenvalue weighted by atomic mass is 19.1. The van der Waals surface area contributed by atoms with E-state index in [9.17, 15) is 9.18 Å². The number of ether oxygens (including phenoxy) is 1. The third-order valence-corrected chi connectivity index (χ3v) is 5.77. The highest BCUT2D eigenvalue weighted by molar-refractivity contribution is 5.74. The summed E-state index contributed by atoms with van der Waals surface area (Å²) in [6, 6.07) is 6.66. The van der Waals surface area contributed by atoms with E-state index in [0.29, 0.717) is 25.2 Å². The van der Waals surface area contributed by atoms with E-state index >= 15 is 0 Å². The number of hydrogen-bond acceptors (Lipinski definition) is 3. The quantitative estimate of drug-likeness (QED) is 0.744. The van der Waals surface area contributed by atoms with Gasteiger partial charge < -0.3 is 20.3 Å². The van der Waals surface area contributed by atoms with Crippen LogP contribution in [0.25, 0.3) is 0 Å². The number of carbonyl (C=O) groups is 1. The minimum atomic E-state index is -0.214. The van der Waals surface area contributed by atoms with E-state index in [1.165, 1.54) is 31.4 Å². The monoisotopic (exact) mass is 377 g/mol. The molecule has 0 aromatic heterocycles. The Kier molecular flexibility index (Phi) is 7.33. The lowest BCUT2D eigenvalue weighted by Gasteiger charge is -2.34. The number of benzene rings is 1. The van der Waals surface area contributed by atoms with Gasteiger partial charge in [0, 0.05) is 31.4 Å². The molecule has 1 saturated carbocycles. The zero-order chi connectivity index (χ0) is 19.1. The number of rotatable bonds is 6. The molecule has 6 heteroatoms. The number of carbonyl (C=O) groups excluding carboxylic acids is 1. The van der Waals surface area contributed by atoms with Crippen LogP contribution in [0.4, 0.5) is 14.9 Å². The van der Waals surface area contributed by atoms with Gasteiger partial charge in [0.1, 0.15) is 5.82 Å². The van der Waals surface area contributed by atoms with Crippen molar-refractivity contribution in [1.29, 1.82) is 0 Å². The molecule has 2 aliphatic rings. The van der Waals surface area contributed by atoms with Crippen molar-refractivity contribution in [2.24, 2.45) is 5.92 Å². The van der Waals surface area contributed by atoms with Gasteiger partial charge in [0.25, 0.3) is 0 Å². The number of piperidine rings is 1. The molecule has 2 fully saturated rings. The predicted octanol–water partition coefficient (Wildman–Crippen LogP) is 3.69. The van der Waals surface area contributed by atoms with Crippen LogP contribution in [0.3, 0.4) is 0 Å². The molecule has 0 bridgehead atoms. The molecule has 2 atom stereocenters. The first-order chi connectivity index (χ1) is 13.1. The molecule has 2 amide bonds. The Bertz CT molecular complexity index is 588. The van der Waals surface area contributed by atoms with Crippen LogP contribution in [0.15, 0.2) is 24.3 Å². The lowest BCUT2D eigenvalue weighted by atomic mass is 9.88. The highest BCUT2D eigenvalue weighted by Gasteiger charge is 2.22. The molecule has 1 heterocycles. The lowest BCUT2D eigenvalue weighted by Crippen LogP contribution is -2.48. The summed E-state index contributed by atoms with van der Waals surface area (Å²) in [5, 5.41) is 5.96. The summed E-state index contributed by atoms with van der Waals surface area (Å²) in [5.41, 5.74) is 1.04. The van der Waals surface area contributed by atoms with Gasteiger partial charge in [0.2, 0.25) is 0 Å². The first-order valence-electron chi connectivity index (χ1n) is 10.3. The molecule has 0 spiro atoms. The van der Waals surface area contributed by atoms with Gasteiger partial charge in [0.15, 0.2) is 0 Å². The van der Waals surface area contributed by atoms with Crippen LogP contribution in [0.1, 0.15) is 45.4 Å². The third-order valence-electron chi connectivity index (χ3n) is 5.77. The maximum atomic E-state index is 13.0. The van der Waals surface area contributed by atoms with Crippen molar-refractivity contribution < 1.29 is 13.9 Å². The van der Waals surface area contributed by atoms with Gasteiger partial charge in [-0.3, -0.25) is 0 Å². The number of anilines is 1. The zero-order valence-electron chi connectivity index (χ0n) is 16.3. The molecule has 150 valence electrons. The van der Waals surface area contributed by atoms with Gasteiger partial charge in [-0.05, 0) is 55.9 Å². The zero-order valence-corrected chi connectivity index (χ0v) is 16.3. The summed E-state index contributed by atoms with van der Waals surface area (Å²) in [5.74, 6) is 0.410. The molecule has 1 aromatic carbocycles. The molecular weight excluding hydrogens is 345 g/mol. The molecule has 0 unspecified atom stereocenters. The lowest BCUT2D eigenvalue weighted by molar-refractivity contribution is -0.00245. The summed E-state index contributed by atoms with van der Waals surface area (Å²) >= 11 is 0. The molecule has 5 nitrogen and oxygen atoms in total. The van der Waals surface area contributed by atoms with Crippen LogP contribution in [0, 0.1) is 11.7 Å². The molecule has 2 N–H and O–H groups in total. The van der Waals surface area contributed by atoms with Gasteiger partial charge in [-0.25, -0.2) is 9.18 Å². The molecule has 1 aliphatic carbocycles. The van der Waals surface area contributed by atoms with Crippen LogP contribution >= 0.6 is 0 Å². The fraction of sp³-hybridized carbons (Fsp3) is 0.667. The Hall–Kier alpha value is -1.82. The average Bonchev–Trinajstić information content (AvgIpc) is 2.68. The van der Waals surface area contributed by atoms with Gasteiger partial charge in [-0.15, -0.1) is 0 Å². The van der Waals surface area contributed by atoms with Crippen LogP contribution in [0.2, 0.25) is 0 Å². The summed E-state index contributed by atoms with van der Waals surface area (Å²) in [6.45, 7) is 5.09. The standard InChI is InChI=1S/C21H32FN3O2/c1-16-4-2-3-5-20(16)27-15-12-23-21(26)24-18-10-13-25(14-11-18)19-8-6-17(22)7-9-19/h6-9,16,18,20H,2-5,10-15H2,1H3,(H2,23,24,26)/t16-,20-/m0/s1. The number of halogens is 1. The Balaban J connectivity index is 1.29. The second kappa shape index (κ2) is 9.93.